The van der Waals surface area contributed by atoms with Crippen LogP contribution in [0.1, 0.15) is 34.7 Å². The number of aryl methyl sites for hydroxylation is 1. The molecule has 200 valence electrons. The van der Waals surface area contributed by atoms with Gasteiger partial charge in [0.2, 0.25) is 0 Å². The fourth-order valence-corrected chi connectivity index (χ4v) is 6.24. The number of hydrogen-bond donors (Lipinski definition) is 2. The molecular weight excluding hydrogens is 530 g/mol. The van der Waals surface area contributed by atoms with Crippen LogP contribution in [0.2, 0.25) is 5.02 Å². The molecule has 0 bridgehead atoms. The van der Waals surface area contributed by atoms with Gasteiger partial charge in [-0.25, -0.2) is 0 Å². The molecule has 0 aliphatic carbocycles. The van der Waals surface area contributed by atoms with E-state index in [-0.39, 0.29) is 17.8 Å². The van der Waals surface area contributed by atoms with Gasteiger partial charge in [0.05, 0.1) is 36.7 Å². The monoisotopic (exact) mass is 559 g/mol. The average molecular weight is 560 g/mol. The van der Waals surface area contributed by atoms with Crippen LogP contribution in [0, 0.1) is 13.8 Å². The Balaban J connectivity index is 1.45. The Morgan fingerprint density at radius 2 is 1.74 bits per heavy atom. The second-order valence-corrected chi connectivity index (χ2v) is 10.7. The molecule has 0 saturated carbocycles. The van der Waals surface area contributed by atoms with Gasteiger partial charge in [0, 0.05) is 47.1 Å². The lowest BCUT2D eigenvalue weighted by molar-refractivity contribution is 0.122. The zero-order valence-electron chi connectivity index (χ0n) is 21.8. The highest BCUT2D eigenvalue weighted by molar-refractivity contribution is 7.80. The minimum Gasteiger partial charge on any atom is -0.506 e. The minimum atomic E-state index is -0.167. The van der Waals surface area contributed by atoms with Crippen LogP contribution in [0.4, 0.5) is 11.4 Å². The number of aromatic nitrogens is 2. The van der Waals surface area contributed by atoms with E-state index in [0.717, 1.165) is 54.6 Å². The molecule has 2 aromatic heterocycles. The maximum atomic E-state index is 10.7. The molecule has 2 atom stereocenters. The molecular formula is C30H30ClN5O2S. The molecule has 2 saturated heterocycles. The molecule has 0 unspecified atom stereocenters. The Hall–Kier alpha value is -3.59. The number of morpholine rings is 1. The van der Waals surface area contributed by atoms with Crippen molar-refractivity contribution in [3.63, 3.8) is 0 Å². The molecule has 2 aliphatic heterocycles. The summed E-state index contributed by atoms with van der Waals surface area (Å²) in [7, 11) is 0. The van der Waals surface area contributed by atoms with Crippen LogP contribution >= 0.6 is 23.8 Å². The lowest BCUT2D eigenvalue weighted by atomic mass is 9.96. The summed E-state index contributed by atoms with van der Waals surface area (Å²) in [5, 5.41) is 15.5. The van der Waals surface area contributed by atoms with Crippen molar-refractivity contribution in [1.82, 2.24) is 14.9 Å². The lowest BCUT2D eigenvalue weighted by Gasteiger charge is -2.31. The van der Waals surface area contributed by atoms with Gasteiger partial charge in [-0.3, -0.25) is 4.98 Å². The number of nitrogens with zero attached hydrogens (tertiary/aromatic N) is 4. The van der Waals surface area contributed by atoms with Crippen LogP contribution in [-0.2, 0) is 4.74 Å². The zero-order chi connectivity index (χ0) is 27.1. The minimum absolute atomic E-state index is 0.164. The van der Waals surface area contributed by atoms with Crippen molar-refractivity contribution < 1.29 is 9.84 Å². The largest absolute Gasteiger partial charge is 0.506 e. The van der Waals surface area contributed by atoms with Gasteiger partial charge in [0.1, 0.15) is 5.75 Å². The van der Waals surface area contributed by atoms with E-state index in [1.807, 2.05) is 35.9 Å². The summed E-state index contributed by atoms with van der Waals surface area (Å²) >= 11 is 12.3. The van der Waals surface area contributed by atoms with E-state index in [4.69, 9.17) is 28.6 Å². The second-order valence-electron chi connectivity index (χ2n) is 9.91. The fraction of sp³-hybridized carbons (Fsp3) is 0.267. The van der Waals surface area contributed by atoms with E-state index in [0.29, 0.717) is 15.8 Å². The van der Waals surface area contributed by atoms with Gasteiger partial charge in [-0.2, -0.15) is 0 Å². The van der Waals surface area contributed by atoms with Gasteiger partial charge < -0.3 is 29.5 Å². The molecule has 4 aromatic rings. The molecule has 2 fully saturated rings. The van der Waals surface area contributed by atoms with Gasteiger partial charge in [-0.05, 0) is 92.3 Å². The van der Waals surface area contributed by atoms with E-state index in [1.54, 1.807) is 18.2 Å². The maximum absolute atomic E-state index is 10.7. The van der Waals surface area contributed by atoms with Crippen molar-refractivity contribution in [2.45, 2.75) is 25.9 Å². The van der Waals surface area contributed by atoms with Gasteiger partial charge in [-0.1, -0.05) is 17.7 Å². The van der Waals surface area contributed by atoms with Gasteiger partial charge in [0.15, 0.2) is 5.11 Å². The number of phenols is 1. The van der Waals surface area contributed by atoms with Crippen LogP contribution in [0.5, 0.6) is 5.75 Å². The van der Waals surface area contributed by atoms with E-state index < -0.39 is 0 Å². The molecule has 2 N–H and O–H groups in total. The van der Waals surface area contributed by atoms with E-state index in [9.17, 15) is 5.11 Å². The van der Waals surface area contributed by atoms with Crippen LogP contribution in [0.15, 0.2) is 72.9 Å². The first kappa shape index (κ1) is 25.7. The van der Waals surface area contributed by atoms with Crippen LogP contribution < -0.4 is 15.1 Å². The highest BCUT2D eigenvalue weighted by Crippen LogP contribution is 2.44. The number of anilines is 2. The molecule has 0 radical (unpaired) electrons. The molecule has 9 heteroatoms. The first-order chi connectivity index (χ1) is 18.9. The number of rotatable bonds is 5. The Morgan fingerprint density at radius 3 is 2.46 bits per heavy atom. The second kappa shape index (κ2) is 10.5. The van der Waals surface area contributed by atoms with E-state index in [1.165, 1.54) is 5.69 Å². The average Bonchev–Trinajstić information content (AvgIpc) is 3.45. The summed E-state index contributed by atoms with van der Waals surface area (Å²) < 4.78 is 7.57. The van der Waals surface area contributed by atoms with Crippen molar-refractivity contribution in [2.24, 2.45) is 0 Å². The Bertz CT molecular complexity index is 1500. The topological polar surface area (TPSA) is 65.8 Å². The number of benzene rings is 2. The molecule has 39 heavy (non-hydrogen) atoms. The Kier molecular flexibility index (Phi) is 6.93. The number of phenolic OH excluding ortho intramolecular Hbond substituents is 1. The standard InChI is InChI=1S/C30H30ClN5O2S/c1-19-17-24(20(2)35(19)26-18-21(31)6-11-27(26)37)29-28(25-5-3-4-12-32-25)33-30(39)36(29)23-9-7-22(8-10-23)34-13-15-38-16-14-34/h3-12,17-18,28-29,37H,13-16H2,1-2H3,(H,33,39)/t28-,29-/m1/s1. The summed E-state index contributed by atoms with van der Waals surface area (Å²) in [6.45, 7) is 7.36. The first-order valence-corrected chi connectivity index (χ1v) is 13.8. The summed E-state index contributed by atoms with van der Waals surface area (Å²) in [6.07, 6.45) is 1.81. The summed E-state index contributed by atoms with van der Waals surface area (Å²) in [5.74, 6) is 0.171. The van der Waals surface area contributed by atoms with Gasteiger partial charge in [-0.15, -0.1) is 0 Å². The molecule has 4 heterocycles. The number of nitrogens with one attached hydrogen (secondary N) is 1. The summed E-state index contributed by atoms with van der Waals surface area (Å²) in [4.78, 5) is 9.21. The zero-order valence-corrected chi connectivity index (χ0v) is 23.4. The molecule has 0 spiro atoms. The third-order valence-electron chi connectivity index (χ3n) is 7.57. The number of thiocarbonyl (C=S) groups is 1. The van der Waals surface area contributed by atoms with Gasteiger partial charge >= 0.3 is 0 Å². The van der Waals surface area contributed by atoms with Crippen molar-refractivity contribution in [3.8, 4) is 11.4 Å². The molecule has 2 aromatic carbocycles. The predicted octanol–water partition coefficient (Wildman–Crippen LogP) is 5.86. The van der Waals surface area contributed by atoms with Crippen molar-refractivity contribution in [1.29, 1.82) is 0 Å². The smallest absolute Gasteiger partial charge is 0.174 e. The number of ether oxygens (including phenoxy) is 1. The molecule has 0 amide bonds. The molecule has 2 aliphatic rings. The maximum Gasteiger partial charge on any atom is 0.174 e. The van der Waals surface area contributed by atoms with Crippen LogP contribution in [0.3, 0.4) is 0 Å². The fourth-order valence-electron chi connectivity index (χ4n) is 5.73. The van der Waals surface area contributed by atoms with E-state index in [2.05, 4.69) is 57.4 Å². The highest BCUT2D eigenvalue weighted by Gasteiger charge is 2.42. The number of aromatic hydroxyl groups is 1. The quantitative estimate of drug-likeness (QED) is 0.297. The third-order valence-corrected chi connectivity index (χ3v) is 8.12. The van der Waals surface area contributed by atoms with Gasteiger partial charge in [0.25, 0.3) is 0 Å². The van der Waals surface area contributed by atoms with Crippen molar-refractivity contribution >= 4 is 40.3 Å². The van der Waals surface area contributed by atoms with E-state index >= 15 is 0 Å². The van der Waals surface area contributed by atoms with Crippen molar-refractivity contribution in [3.05, 3.63) is 101 Å². The number of pyridine rings is 1. The number of halogens is 1. The SMILES string of the molecule is Cc1cc([C@@H]2[C@@H](c3ccccn3)NC(=S)N2c2ccc(N3CCOCC3)cc2)c(C)n1-c1cc(Cl)ccc1O. The molecule has 6 rings (SSSR count). The molecule has 7 nitrogen and oxygen atoms in total. The summed E-state index contributed by atoms with van der Waals surface area (Å²) in [5.41, 5.74) is 6.81. The predicted molar refractivity (Wildman–Crippen MR) is 159 cm³/mol. The highest BCUT2D eigenvalue weighted by atomic mass is 35.5. The normalized spacial score (nSPS) is 19.4. The van der Waals surface area contributed by atoms with Crippen molar-refractivity contribution in [2.75, 3.05) is 36.1 Å². The lowest BCUT2D eigenvalue weighted by Crippen LogP contribution is -2.36. The Morgan fingerprint density at radius 1 is 1.00 bits per heavy atom. The summed E-state index contributed by atoms with van der Waals surface area (Å²) in [6, 6.07) is 21.5. The Labute approximate surface area is 238 Å². The number of hydrogen-bond acceptors (Lipinski definition) is 5. The van der Waals surface area contributed by atoms with Crippen LogP contribution in [0.25, 0.3) is 5.69 Å². The third kappa shape index (κ3) is 4.73. The first-order valence-electron chi connectivity index (χ1n) is 13.0. The van der Waals surface area contributed by atoms with Crippen LogP contribution in [-0.4, -0.2) is 46.1 Å².